The SMILES string of the molecule is CCOC(=O)[C@@H]1C[C@H]2CC[C@@H]1NC2. The van der Waals surface area contributed by atoms with E-state index >= 15 is 0 Å². The molecule has 3 atom stereocenters. The molecule has 1 saturated carbocycles. The molecule has 3 rings (SSSR count). The van der Waals surface area contributed by atoms with Crippen molar-refractivity contribution in [1.29, 1.82) is 0 Å². The zero-order valence-corrected chi connectivity index (χ0v) is 8.08. The fourth-order valence-electron chi connectivity index (χ4n) is 2.52. The summed E-state index contributed by atoms with van der Waals surface area (Å²) in [4.78, 5) is 11.5. The topological polar surface area (TPSA) is 38.3 Å². The van der Waals surface area contributed by atoms with Gasteiger partial charge >= 0.3 is 5.97 Å². The van der Waals surface area contributed by atoms with Gasteiger partial charge in [-0.2, -0.15) is 0 Å². The second-order valence-corrected chi connectivity index (χ2v) is 4.05. The summed E-state index contributed by atoms with van der Waals surface area (Å²) < 4.78 is 5.06. The highest BCUT2D eigenvalue weighted by atomic mass is 16.5. The van der Waals surface area contributed by atoms with Crippen molar-refractivity contribution in [2.45, 2.75) is 32.2 Å². The van der Waals surface area contributed by atoms with Crippen LogP contribution in [-0.4, -0.2) is 25.2 Å². The van der Waals surface area contributed by atoms with Crippen LogP contribution in [0, 0.1) is 11.8 Å². The summed E-state index contributed by atoms with van der Waals surface area (Å²) in [6.07, 6.45) is 3.47. The monoisotopic (exact) mass is 183 g/mol. The predicted octanol–water partition coefficient (Wildman–Crippen LogP) is 0.938. The Balaban J connectivity index is 1.96. The molecule has 74 valence electrons. The Morgan fingerprint density at radius 2 is 2.38 bits per heavy atom. The lowest BCUT2D eigenvalue weighted by molar-refractivity contribution is -0.152. The van der Waals surface area contributed by atoms with Crippen LogP contribution < -0.4 is 5.32 Å². The van der Waals surface area contributed by atoms with Crippen LogP contribution in [0.4, 0.5) is 0 Å². The van der Waals surface area contributed by atoms with Gasteiger partial charge in [0.1, 0.15) is 0 Å². The van der Waals surface area contributed by atoms with E-state index in [4.69, 9.17) is 4.74 Å². The lowest BCUT2D eigenvalue weighted by atomic mass is 9.74. The Labute approximate surface area is 78.8 Å². The van der Waals surface area contributed by atoms with Crippen LogP contribution in [-0.2, 0) is 9.53 Å². The Morgan fingerprint density at radius 1 is 1.54 bits per heavy atom. The highest BCUT2D eigenvalue weighted by Crippen LogP contribution is 2.34. The molecule has 2 saturated heterocycles. The zero-order chi connectivity index (χ0) is 9.26. The Morgan fingerprint density at radius 3 is 2.85 bits per heavy atom. The minimum atomic E-state index is 0.00407. The normalized spacial score (nSPS) is 37.5. The summed E-state index contributed by atoms with van der Waals surface area (Å²) in [5, 5.41) is 3.41. The van der Waals surface area contributed by atoms with E-state index in [1.165, 1.54) is 6.42 Å². The number of carbonyl (C=O) groups excluding carboxylic acids is 1. The number of rotatable bonds is 2. The number of ether oxygens (including phenoxy) is 1. The zero-order valence-electron chi connectivity index (χ0n) is 8.08. The average molecular weight is 183 g/mol. The fourth-order valence-corrected chi connectivity index (χ4v) is 2.52. The van der Waals surface area contributed by atoms with Crippen molar-refractivity contribution in [3.05, 3.63) is 0 Å². The van der Waals surface area contributed by atoms with Crippen molar-refractivity contribution >= 4 is 5.97 Å². The summed E-state index contributed by atoms with van der Waals surface area (Å²) >= 11 is 0. The Bertz CT molecular complexity index is 197. The van der Waals surface area contributed by atoms with E-state index in [-0.39, 0.29) is 11.9 Å². The fraction of sp³-hybridized carbons (Fsp3) is 0.900. The maximum Gasteiger partial charge on any atom is 0.310 e. The molecule has 13 heavy (non-hydrogen) atoms. The Kier molecular flexibility index (Phi) is 2.54. The number of hydrogen-bond acceptors (Lipinski definition) is 3. The van der Waals surface area contributed by atoms with Gasteiger partial charge in [-0.15, -0.1) is 0 Å². The van der Waals surface area contributed by atoms with Crippen molar-refractivity contribution in [3.8, 4) is 0 Å². The molecule has 0 unspecified atom stereocenters. The molecule has 3 aliphatic rings. The third kappa shape index (κ3) is 1.70. The number of hydrogen-bond donors (Lipinski definition) is 1. The smallest absolute Gasteiger partial charge is 0.310 e. The maximum atomic E-state index is 11.5. The van der Waals surface area contributed by atoms with Gasteiger partial charge < -0.3 is 10.1 Å². The molecule has 0 amide bonds. The van der Waals surface area contributed by atoms with Gasteiger partial charge in [-0.1, -0.05) is 0 Å². The van der Waals surface area contributed by atoms with Gasteiger partial charge in [0.25, 0.3) is 0 Å². The minimum absolute atomic E-state index is 0.00407. The van der Waals surface area contributed by atoms with E-state index < -0.39 is 0 Å². The van der Waals surface area contributed by atoms with Gasteiger partial charge in [0, 0.05) is 6.04 Å². The van der Waals surface area contributed by atoms with Gasteiger partial charge in [-0.05, 0) is 38.6 Å². The van der Waals surface area contributed by atoms with Crippen LogP contribution in [0.3, 0.4) is 0 Å². The first-order valence-corrected chi connectivity index (χ1v) is 5.21. The van der Waals surface area contributed by atoms with E-state index in [1.54, 1.807) is 0 Å². The Hall–Kier alpha value is -0.570. The molecule has 3 fully saturated rings. The molecule has 0 aromatic heterocycles. The average Bonchev–Trinajstić information content (AvgIpc) is 2.20. The first-order chi connectivity index (χ1) is 6.31. The first kappa shape index (κ1) is 9.00. The molecule has 1 aliphatic carbocycles. The van der Waals surface area contributed by atoms with Crippen LogP contribution in [0.15, 0.2) is 0 Å². The first-order valence-electron chi connectivity index (χ1n) is 5.21. The summed E-state index contributed by atoms with van der Waals surface area (Å²) in [5.41, 5.74) is 0. The van der Waals surface area contributed by atoms with Crippen molar-refractivity contribution in [1.82, 2.24) is 5.32 Å². The standard InChI is InChI=1S/C10H17NO2/c1-2-13-10(12)8-5-7-3-4-9(8)11-6-7/h7-9,11H,2-6H2,1H3/t7-,8-,9+/m1/s1. The van der Waals surface area contributed by atoms with E-state index in [0.29, 0.717) is 18.6 Å². The molecule has 0 spiro atoms. The van der Waals surface area contributed by atoms with Crippen molar-refractivity contribution in [3.63, 3.8) is 0 Å². The van der Waals surface area contributed by atoms with Gasteiger partial charge in [0.05, 0.1) is 12.5 Å². The lowest BCUT2D eigenvalue weighted by Crippen LogP contribution is -2.52. The molecule has 0 aromatic rings. The number of esters is 1. The molecule has 0 aromatic carbocycles. The van der Waals surface area contributed by atoms with Gasteiger partial charge in [0.2, 0.25) is 0 Å². The third-order valence-corrected chi connectivity index (χ3v) is 3.22. The number of nitrogens with one attached hydrogen (secondary N) is 1. The summed E-state index contributed by atoms with van der Waals surface area (Å²) in [6.45, 7) is 3.47. The quantitative estimate of drug-likeness (QED) is 0.647. The molecule has 3 nitrogen and oxygen atoms in total. The van der Waals surface area contributed by atoms with Gasteiger partial charge in [-0.25, -0.2) is 0 Å². The van der Waals surface area contributed by atoms with Crippen molar-refractivity contribution < 1.29 is 9.53 Å². The van der Waals surface area contributed by atoms with Crippen LogP contribution in [0.25, 0.3) is 0 Å². The molecular weight excluding hydrogens is 166 g/mol. The van der Waals surface area contributed by atoms with Crippen LogP contribution >= 0.6 is 0 Å². The van der Waals surface area contributed by atoms with Crippen LogP contribution in [0.2, 0.25) is 0 Å². The third-order valence-electron chi connectivity index (χ3n) is 3.22. The molecule has 2 heterocycles. The molecule has 1 N–H and O–H groups in total. The molecule has 2 bridgehead atoms. The van der Waals surface area contributed by atoms with Crippen LogP contribution in [0.1, 0.15) is 26.2 Å². The lowest BCUT2D eigenvalue weighted by Gasteiger charge is -2.41. The van der Waals surface area contributed by atoms with Crippen molar-refractivity contribution in [2.24, 2.45) is 11.8 Å². The molecular formula is C10H17NO2. The van der Waals surface area contributed by atoms with E-state index in [2.05, 4.69) is 5.32 Å². The summed E-state index contributed by atoms with van der Waals surface area (Å²) in [5.74, 6) is 0.844. The second-order valence-electron chi connectivity index (χ2n) is 4.05. The molecule has 0 radical (unpaired) electrons. The molecule has 3 heteroatoms. The minimum Gasteiger partial charge on any atom is -0.466 e. The highest BCUT2D eigenvalue weighted by Gasteiger charge is 2.39. The van der Waals surface area contributed by atoms with Gasteiger partial charge in [-0.3, -0.25) is 4.79 Å². The number of fused-ring (bicyclic) bond motifs is 3. The summed E-state index contributed by atoms with van der Waals surface area (Å²) in [7, 11) is 0. The number of carbonyl (C=O) groups is 1. The second kappa shape index (κ2) is 3.66. The van der Waals surface area contributed by atoms with E-state index in [9.17, 15) is 4.79 Å². The largest absolute Gasteiger partial charge is 0.466 e. The summed E-state index contributed by atoms with van der Waals surface area (Å²) in [6, 6.07) is 0.393. The van der Waals surface area contributed by atoms with Crippen LogP contribution in [0.5, 0.6) is 0 Å². The van der Waals surface area contributed by atoms with Crippen molar-refractivity contribution in [2.75, 3.05) is 13.2 Å². The molecule has 2 aliphatic heterocycles. The van der Waals surface area contributed by atoms with E-state index in [0.717, 1.165) is 19.4 Å². The van der Waals surface area contributed by atoms with E-state index in [1.807, 2.05) is 6.92 Å². The predicted molar refractivity (Wildman–Crippen MR) is 49.3 cm³/mol. The highest BCUT2D eigenvalue weighted by molar-refractivity contribution is 5.73. The maximum absolute atomic E-state index is 11.5. The van der Waals surface area contributed by atoms with Gasteiger partial charge in [0.15, 0.2) is 0 Å². The number of piperidine rings is 2.